The molecule has 0 aromatic heterocycles. The number of rotatable bonds is 3. The van der Waals surface area contributed by atoms with Crippen LogP contribution in [-0.4, -0.2) is 5.17 Å². The number of nitrogens with zero attached hydrogens (tertiary/aromatic N) is 1. The van der Waals surface area contributed by atoms with E-state index in [0.717, 1.165) is 11.6 Å². The van der Waals surface area contributed by atoms with Crippen LogP contribution in [-0.2, 0) is 17.3 Å². The van der Waals surface area contributed by atoms with Crippen molar-refractivity contribution in [3.05, 3.63) is 65.2 Å². The number of para-hydroxylation sites is 1. The molecule has 2 N–H and O–H groups in total. The van der Waals surface area contributed by atoms with Gasteiger partial charge in [0.2, 0.25) is 0 Å². The lowest BCUT2D eigenvalue weighted by Gasteiger charge is -2.19. The van der Waals surface area contributed by atoms with E-state index in [0.29, 0.717) is 5.75 Å². The molecule has 6 heteroatoms. The van der Waals surface area contributed by atoms with E-state index in [1.807, 2.05) is 12.1 Å². The van der Waals surface area contributed by atoms with Gasteiger partial charge in [-0.2, -0.15) is 13.2 Å². The summed E-state index contributed by atoms with van der Waals surface area (Å²) in [6, 6.07) is 13.3. The molecule has 0 heterocycles. The minimum Gasteiger partial charge on any atom is -0.378 e. The fourth-order valence-electron chi connectivity index (χ4n) is 2.22. The predicted octanol–water partition coefficient (Wildman–Crippen LogP) is 5.88. The zero-order valence-electron chi connectivity index (χ0n) is 14.4. The van der Waals surface area contributed by atoms with Crippen molar-refractivity contribution >= 4 is 22.6 Å². The van der Waals surface area contributed by atoms with Crippen LogP contribution >= 0.6 is 11.8 Å². The number of halogens is 3. The summed E-state index contributed by atoms with van der Waals surface area (Å²) in [6.07, 6.45) is -4.45. The van der Waals surface area contributed by atoms with E-state index >= 15 is 0 Å². The minimum atomic E-state index is -4.45. The number of amidine groups is 1. The second-order valence-corrected chi connectivity index (χ2v) is 7.70. The van der Waals surface area contributed by atoms with Crippen LogP contribution in [0, 0.1) is 0 Å². The van der Waals surface area contributed by atoms with Crippen molar-refractivity contribution in [1.82, 2.24) is 0 Å². The van der Waals surface area contributed by atoms with Crippen molar-refractivity contribution in [2.75, 3.05) is 0 Å². The summed E-state index contributed by atoms with van der Waals surface area (Å²) >= 11 is 1.22. The zero-order valence-corrected chi connectivity index (χ0v) is 15.2. The van der Waals surface area contributed by atoms with Crippen LogP contribution in [0.2, 0.25) is 0 Å². The molecule has 0 atom stereocenters. The molecular weight excluding hydrogens is 345 g/mol. The van der Waals surface area contributed by atoms with E-state index in [2.05, 4.69) is 37.9 Å². The molecule has 0 aliphatic heterocycles. The zero-order chi connectivity index (χ0) is 18.7. The lowest BCUT2D eigenvalue weighted by atomic mass is 9.87. The standard InChI is InChI=1S/C19H21F3N2S/c1-18(2,3)14-10-8-13(9-11-14)12-25-17(23)24-16-7-5-4-6-15(16)19(20,21)22/h4-11H,12H2,1-3H3,(H2,23,24). The largest absolute Gasteiger partial charge is 0.418 e. The first-order valence-electron chi connectivity index (χ1n) is 7.80. The SMILES string of the molecule is CC(C)(C)c1ccc(CSC(N)=Nc2ccccc2C(F)(F)F)cc1. The summed E-state index contributed by atoms with van der Waals surface area (Å²) in [5, 5.41) is 0.108. The molecule has 2 nitrogen and oxygen atoms in total. The third-order valence-electron chi connectivity index (χ3n) is 3.65. The molecule has 2 aromatic rings. The Kier molecular flexibility index (Phi) is 5.83. The van der Waals surface area contributed by atoms with Crippen molar-refractivity contribution in [2.45, 2.75) is 38.1 Å². The first-order chi connectivity index (χ1) is 11.6. The van der Waals surface area contributed by atoms with Gasteiger partial charge in [-0.05, 0) is 28.7 Å². The first kappa shape index (κ1) is 19.4. The summed E-state index contributed by atoms with van der Waals surface area (Å²) in [5.41, 5.74) is 7.21. The van der Waals surface area contributed by atoms with Gasteiger partial charge in [0.25, 0.3) is 0 Å². The molecule has 0 unspecified atom stereocenters. The second-order valence-electron chi connectivity index (χ2n) is 6.70. The molecule has 0 radical (unpaired) electrons. The molecule has 0 amide bonds. The van der Waals surface area contributed by atoms with Crippen molar-refractivity contribution in [1.29, 1.82) is 0 Å². The Bertz CT molecular complexity index is 744. The monoisotopic (exact) mass is 366 g/mol. The Morgan fingerprint density at radius 1 is 1.00 bits per heavy atom. The first-order valence-corrected chi connectivity index (χ1v) is 8.78. The summed E-state index contributed by atoms with van der Waals surface area (Å²) in [4.78, 5) is 3.93. The van der Waals surface area contributed by atoms with Gasteiger partial charge in [-0.15, -0.1) is 0 Å². The highest BCUT2D eigenvalue weighted by molar-refractivity contribution is 8.13. The number of alkyl halides is 3. The Balaban J connectivity index is 2.08. The molecule has 0 saturated carbocycles. The molecule has 0 aliphatic rings. The number of hydrogen-bond donors (Lipinski definition) is 1. The molecule has 2 rings (SSSR count). The number of hydrogen-bond acceptors (Lipinski definition) is 2. The average molecular weight is 366 g/mol. The third-order valence-corrected chi connectivity index (χ3v) is 4.51. The fraction of sp³-hybridized carbons (Fsp3) is 0.316. The molecule has 0 spiro atoms. The van der Waals surface area contributed by atoms with Gasteiger partial charge >= 0.3 is 6.18 Å². The number of thioether (sulfide) groups is 1. The van der Waals surface area contributed by atoms with E-state index < -0.39 is 11.7 Å². The van der Waals surface area contributed by atoms with E-state index in [9.17, 15) is 13.2 Å². The van der Waals surface area contributed by atoms with Gasteiger partial charge in [-0.3, -0.25) is 0 Å². The van der Waals surface area contributed by atoms with Crippen LogP contribution in [0.1, 0.15) is 37.5 Å². The van der Waals surface area contributed by atoms with E-state index in [4.69, 9.17) is 5.73 Å². The van der Waals surface area contributed by atoms with Crippen LogP contribution in [0.25, 0.3) is 0 Å². The Hall–Kier alpha value is -1.95. The number of aliphatic imine (C=N–C) groups is 1. The lowest BCUT2D eigenvalue weighted by molar-refractivity contribution is -0.137. The number of benzene rings is 2. The Morgan fingerprint density at radius 3 is 2.16 bits per heavy atom. The predicted molar refractivity (Wildman–Crippen MR) is 99.2 cm³/mol. The second kappa shape index (κ2) is 7.52. The topological polar surface area (TPSA) is 38.4 Å². The van der Waals surface area contributed by atoms with E-state index in [-0.39, 0.29) is 16.3 Å². The maximum absolute atomic E-state index is 13.0. The van der Waals surface area contributed by atoms with Crippen LogP contribution in [0.3, 0.4) is 0 Å². The number of nitrogens with two attached hydrogens (primary N) is 1. The van der Waals surface area contributed by atoms with Crippen molar-refractivity contribution in [2.24, 2.45) is 10.7 Å². The van der Waals surface area contributed by atoms with Crippen LogP contribution in [0.4, 0.5) is 18.9 Å². The summed E-state index contributed by atoms with van der Waals surface area (Å²) < 4.78 is 38.9. The van der Waals surface area contributed by atoms with Gasteiger partial charge in [0.1, 0.15) is 0 Å². The van der Waals surface area contributed by atoms with Gasteiger partial charge in [0, 0.05) is 5.75 Å². The maximum atomic E-state index is 13.0. The average Bonchev–Trinajstić information content (AvgIpc) is 2.52. The van der Waals surface area contributed by atoms with Gasteiger partial charge in [0.05, 0.1) is 11.3 Å². The van der Waals surface area contributed by atoms with Crippen LogP contribution in [0.15, 0.2) is 53.5 Å². The molecule has 2 aromatic carbocycles. The van der Waals surface area contributed by atoms with Crippen LogP contribution in [0.5, 0.6) is 0 Å². The Labute approximate surface area is 150 Å². The molecule has 0 aliphatic carbocycles. The lowest BCUT2D eigenvalue weighted by Crippen LogP contribution is -2.11. The van der Waals surface area contributed by atoms with E-state index in [1.54, 1.807) is 0 Å². The van der Waals surface area contributed by atoms with Crippen molar-refractivity contribution in [3.8, 4) is 0 Å². The van der Waals surface area contributed by atoms with Gasteiger partial charge in [0.15, 0.2) is 5.17 Å². The molecule has 0 fully saturated rings. The molecular formula is C19H21F3N2S. The summed E-state index contributed by atoms with van der Waals surface area (Å²) in [6.45, 7) is 6.42. The smallest absolute Gasteiger partial charge is 0.378 e. The van der Waals surface area contributed by atoms with Crippen molar-refractivity contribution < 1.29 is 13.2 Å². The minimum absolute atomic E-state index is 0.0768. The van der Waals surface area contributed by atoms with Gasteiger partial charge in [-0.1, -0.05) is 68.9 Å². The third kappa shape index (κ3) is 5.53. The molecule has 0 saturated heterocycles. The Morgan fingerprint density at radius 2 is 1.60 bits per heavy atom. The molecule has 0 bridgehead atoms. The highest BCUT2D eigenvalue weighted by Gasteiger charge is 2.33. The van der Waals surface area contributed by atoms with Crippen molar-refractivity contribution in [3.63, 3.8) is 0 Å². The quantitative estimate of drug-likeness (QED) is 0.544. The fourth-order valence-corrected chi connectivity index (χ4v) is 2.89. The molecule has 134 valence electrons. The maximum Gasteiger partial charge on any atom is 0.418 e. The normalized spacial score (nSPS) is 13.1. The van der Waals surface area contributed by atoms with Gasteiger partial charge in [-0.25, -0.2) is 4.99 Å². The summed E-state index contributed by atoms with van der Waals surface area (Å²) in [5.74, 6) is 0.550. The van der Waals surface area contributed by atoms with E-state index in [1.165, 1.54) is 35.5 Å². The van der Waals surface area contributed by atoms with Gasteiger partial charge < -0.3 is 5.73 Å². The van der Waals surface area contributed by atoms with Crippen LogP contribution < -0.4 is 5.73 Å². The highest BCUT2D eigenvalue weighted by Crippen LogP contribution is 2.36. The summed E-state index contributed by atoms with van der Waals surface area (Å²) in [7, 11) is 0. The molecule has 25 heavy (non-hydrogen) atoms. The highest BCUT2D eigenvalue weighted by atomic mass is 32.2.